The second kappa shape index (κ2) is 4.46. The standard InChI is InChI=1S/C10H13NO3S/c1-3-4-8-7-9(15(11,12)13)5-6-10(8)14-2/h3,5-7H,1,4H2,2H3,(H2,11,12,13). The van der Waals surface area contributed by atoms with E-state index in [1.165, 1.54) is 19.2 Å². The zero-order valence-corrected chi connectivity index (χ0v) is 9.25. The van der Waals surface area contributed by atoms with E-state index < -0.39 is 10.0 Å². The Bertz CT molecular complexity index is 466. The number of benzene rings is 1. The molecule has 0 aliphatic carbocycles. The van der Waals surface area contributed by atoms with Crippen LogP contribution in [0, 0.1) is 0 Å². The van der Waals surface area contributed by atoms with Crippen molar-refractivity contribution in [2.24, 2.45) is 5.14 Å². The van der Waals surface area contributed by atoms with Gasteiger partial charge in [0, 0.05) is 0 Å². The summed E-state index contributed by atoms with van der Waals surface area (Å²) < 4.78 is 27.3. The number of nitrogens with two attached hydrogens (primary N) is 1. The molecule has 82 valence electrons. The van der Waals surface area contributed by atoms with Gasteiger partial charge in [0.2, 0.25) is 10.0 Å². The maximum Gasteiger partial charge on any atom is 0.238 e. The number of sulfonamides is 1. The summed E-state index contributed by atoms with van der Waals surface area (Å²) in [6.07, 6.45) is 2.21. The minimum atomic E-state index is -3.66. The van der Waals surface area contributed by atoms with Gasteiger partial charge < -0.3 is 4.74 Å². The molecule has 0 fully saturated rings. The van der Waals surface area contributed by atoms with Crippen molar-refractivity contribution in [3.63, 3.8) is 0 Å². The number of rotatable bonds is 4. The third-order valence-corrected chi connectivity index (χ3v) is 2.86. The topological polar surface area (TPSA) is 69.4 Å². The molecule has 0 heterocycles. The van der Waals surface area contributed by atoms with Gasteiger partial charge in [-0.05, 0) is 30.2 Å². The Balaban J connectivity index is 3.27. The molecule has 0 saturated carbocycles. The summed E-state index contributed by atoms with van der Waals surface area (Å²) in [6, 6.07) is 4.50. The summed E-state index contributed by atoms with van der Waals surface area (Å²) >= 11 is 0. The molecule has 0 aromatic heterocycles. The lowest BCUT2D eigenvalue weighted by atomic mass is 10.1. The van der Waals surface area contributed by atoms with Gasteiger partial charge in [-0.25, -0.2) is 13.6 Å². The molecule has 5 heteroatoms. The van der Waals surface area contributed by atoms with E-state index in [1.54, 1.807) is 12.1 Å². The fourth-order valence-electron chi connectivity index (χ4n) is 1.25. The van der Waals surface area contributed by atoms with Crippen LogP contribution in [0.15, 0.2) is 35.7 Å². The predicted molar refractivity (Wildman–Crippen MR) is 58.3 cm³/mol. The zero-order chi connectivity index (χ0) is 11.5. The van der Waals surface area contributed by atoms with Gasteiger partial charge in [-0.1, -0.05) is 6.08 Å². The average molecular weight is 227 g/mol. The van der Waals surface area contributed by atoms with Crippen LogP contribution < -0.4 is 9.88 Å². The van der Waals surface area contributed by atoms with Crippen LogP contribution in [0.2, 0.25) is 0 Å². The smallest absolute Gasteiger partial charge is 0.238 e. The minimum Gasteiger partial charge on any atom is -0.496 e. The third-order valence-electron chi connectivity index (χ3n) is 1.94. The molecule has 0 radical (unpaired) electrons. The molecule has 2 N–H and O–H groups in total. The van der Waals surface area contributed by atoms with Crippen molar-refractivity contribution in [3.05, 3.63) is 36.4 Å². The van der Waals surface area contributed by atoms with E-state index in [4.69, 9.17) is 9.88 Å². The van der Waals surface area contributed by atoms with Crippen LogP contribution in [0.4, 0.5) is 0 Å². The van der Waals surface area contributed by atoms with Gasteiger partial charge in [-0.3, -0.25) is 0 Å². The highest BCUT2D eigenvalue weighted by Crippen LogP contribution is 2.22. The SMILES string of the molecule is C=CCc1cc(S(N)(=O)=O)ccc1OC. The van der Waals surface area contributed by atoms with Crippen molar-refractivity contribution in [1.82, 2.24) is 0 Å². The number of ether oxygens (including phenoxy) is 1. The van der Waals surface area contributed by atoms with Gasteiger partial charge >= 0.3 is 0 Å². The second-order valence-corrected chi connectivity index (χ2v) is 4.57. The molecule has 0 bridgehead atoms. The van der Waals surface area contributed by atoms with Crippen molar-refractivity contribution < 1.29 is 13.2 Å². The van der Waals surface area contributed by atoms with Gasteiger partial charge in [-0.15, -0.1) is 6.58 Å². The summed E-state index contributed by atoms with van der Waals surface area (Å²) in [4.78, 5) is 0.0835. The summed E-state index contributed by atoms with van der Waals surface area (Å²) in [5, 5.41) is 5.02. The van der Waals surface area contributed by atoms with E-state index in [2.05, 4.69) is 6.58 Å². The maximum atomic E-state index is 11.1. The van der Waals surface area contributed by atoms with Crippen molar-refractivity contribution >= 4 is 10.0 Å². The lowest BCUT2D eigenvalue weighted by molar-refractivity contribution is 0.410. The summed E-state index contributed by atoms with van der Waals surface area (Å²) in [6.45, 7) is 3.59. The maximum absolute atomic E-state index is 11.1. The Kier molecular flexibility index (Phi) is 3.49. The first-order chi connectivity index (χ1) is 6.99. The molecule has 0 spiro atoms. The number of methoxy groups -OCH3 is 1. The molecular formula is C10H13NO3S. The van der Waals surface area contributed by atoms with Crippen molar-refractivity contribution in [2.45, 2.75) is 11.3 Å². The van der Waals surface area contributed by atoms with Crippen LogP contribution in [0.5, 0.6) is 5.75 Å². The normalized spacial score (nSPS) is 11.1. The highest BCUT2D eigenvalue weighted by atomic mass is 32.2. The monoisotopic (exact) mass is 227 g/mol. The summed E-state index contributed by atoms with van der Waals surface area (Å²) in [5.74, 6) is 0.627. The number of allylic oxidation sites excluding steroid dienone is 1. The van der Waals surface area contributed by atoms with E-state index in [0.29, 0.717) is 12.2 Å². The molecule has 15 heavy (non-hydrogen) atoms. The molecule has 0 aliphatic heterocycles. The summed E-state index contributed by atoms with van der Waals surface area (Å²) in [5.41, 5.74) is 0.749. The number of hydrogen-bond acceptors (Lipinski definition) is 3. The Morgan fingerprint density at radius 3 is 2.67 bits per heavy atom. The van der Waals surface area contributed by atoms with E-state index in [9.17, 15) is 8.42 Å². The Hall–Kier alpha value is -1.33. The van der Waals surface area contributed by atoms with Crippen LogP contribution in [0.1, 0.15) is 5.56 Å². The Morgan fingerprint density at radius 2 is 2.20 bits per heavy atom. The second-order valence-electron chi connectivity index (χ2n) is 3.01. The zero-order valence-electron chi connectivity index (χ0n) is 8.43. The molecule has 1 aromatic rings. The van der Waals surface area contributed by atoms with Gasteiger partial charge in [0.1, 0.15) is 5.75 Å². The van der Waals surface area contributed by atoms with Crippen LogP contribution in [-0.4, -0.2) is 15.5 Å². The molecule has 1 rings (SSSR count). The van der Waals surface area contributed by atoms with Crippen LogP contribution in [0.25, 0.3) is 0 Å². The third kappa shape index (κ3) is 2.81. The fourth-order valence-corrected chi connectivity index (χ4v) is 1.81. The quantitative estimate of drug-likeness (QED) is 0.782. The van der Waals surface area contributed by atoms with Gasteiger partial charge in [0.25, 0.3) is 0 Å². The molecular weight excluding hydrogens is 214 g/mol. The average Bonchev–Trinajstić information content (AvgIpc) is 2.17. The molecule has 0 amide bonds. The first-order valence-corrected chi connectivity index (χ1v) is 5.84. The first-order valence-electron chi connectivity index (χ1n) is 4.29. The van der Waals surface area contributed by atoms with Gasteiger partial charge in [0.05, 0.1) is 12.0 Å². The molecule has 0 atom stereocenters. The molecule has 0 aliphatic rings. The van der Waals surface area contributed by atoms with Crippen molar-refractivity contribution in [1.29, 1.82) is 0 Å². The highest BCUT2D eigenvalue weighted by Gasteiger charge is 2.10. The lowest BCUT2D eigenvalue weighted by Gasteiger charge is -2.08. The van der Waals surface area contributed by atoms with Crippen LogP contribution >= 0.6 is 0 Å². The summed E-state index contributed by atoms with van der Waals surface area (Å²) in [7, 11) is -2.13. The van der Waals surface area contributed by atoms with Crippen LogP contribution in [-0.2, 0) is 16.4 Å². The van der Waals surface area contributed by atoms with Crippen LogP contribution in [0.3, 0.4) is 0 Å². The van der Waals surface area contributed by atoms with E-state index >= 15 is 0 Å². The first kappa shape index (κ1) is 11.7. The highest BCUT2D eigenvalue weighted by molar-refractivity contribution is 7.89. The lowest BCUT2D eigenvalue weighted by Crippen LogP contribution is -2.12. The largest absolute Gasteiger partial charge is 0.496 e. The van der Waals surface area contributed by atoms with E-state index in [1.807, 2.05) is 0 Å². The molecule has 0 unspecified atom stereocenters. The fraction of sp³-hybridized carbons (Fsp3) is 0.200. The predicted octanol–water partition coefficient (Wildman–Crippen LogP) is 1.07. The van der Waals surface area contributed by atoms with E-state index in [-0.39, 0.29) is 4.90 Å². The number of hydrogen-bond donors (Lipinski definition) is 1. The van der Waals surface area contributed by atoms with Gasteiger partial charge in [-0.2, -0.15) is 0 Å². The van der Waals surface area contributed by atoms with Gasteiger partial charge in [0.15, 0.2) is 0 Å². The molecule has 1 aromatic carbocycles. The minimum absolute atomic E-state index is 0.0835. The Labute approximate surface area is 89.4 Å². The number of primary sulfonamides is 1. The van der Waals surface area contributed by atoms with Crippen molar-refractivity contribution in [3.8, 4) is 5.75 Å². The Morgan fingerprint density at radius 1 is 1.53 bits per heavy atom. The molecule has 4 nitrogen and oxygen atoms in total. The van der Waals surface area contributed by atoms with E-state index in [0.717, 1.165) is 5.56 Å². The molecule has 0 saturated heterocycles. The van der Waals surface area contributed by atoms with Crippen molar-refractivity contribution in [2.75, 3.05) is 7.11 Å².